The van der Waals surface area contributed by atoms with Gasteiger partial charge >= 0.3 is 6.18 Å². The first-order valence-corrected chi connectivity index (χ1v) is 9.81. The maximum Gasteiger partial charge on any atom is 0.416 e. The number of carbonyl (C=O) groups excluding carboxylic acids is 2. The average Bonchev–Trinajstić information content (AvgIpc) is 2.78. The van der Waals surface area contributed by atoms with Crippen LogP contribution in [0.4, 0.5) is 24.5 Å². The van der Waals surface area contributed by atoms with Crippen molar-refractivity contribution < 1.29 is 22.8 Å². The lowest BCUT2D eigenvalue weighted by Gasteiger charge is -2.30. The quantitative estimate of drug-likeness (QED) is 0.599. The molecule has 0 aliphatic carbocycles. The largest absolute Gasteiger partial charge is 0.416 e. The van der Waals surface area contributed by atoms with Crippen LogP contribution < -0.4 is 10.2 Å². The van der Waals surface area contributed by atoms with E-state index < -0.39 is 17.6 Å². The lowest BCUT2D eigenvalue weighted by atomic mass is 9.98. The Kier molecular flexibility index (Phi) is 5.50. The first kappa shape index (κ1) is 20.7. The fraction of sp³-hybridized carbons (Fsp3) is 0.167. The summed E-state index contributed by atoms with van der Waals surface area (Å²) in [5.74, 6) is -0.614. The van der Waals surface area contributed by atoms with Crippen LogP contribution in [0, 0.1) is 0 Å². The van der Waals surface area contributed by atoms with Crippen LogP contribution in [0.2, 0.25) is 0 Å². The number of aryl methyl sites for hydroxylation is 1. The molecule has 4 nitrogen and oxygen atoms in total. The number of nitrogens with zero attached hydrogens (tertiary/aromatic N) is 1. The van der Waals surface area contributed by atoms with E-state index in [1.807, 2.05) is 6.07 Å². The normalized spacial score (nSPS) is 13.5. The second-order valence-electron chi connectivity index (χ2n) is 7.30. The maximum absolute atomic E-state index is 12.9. The zero-order valence-corrected chi connectivity index (χ0v) is 16.4. The molecule has 0 saturated carbocycles. The van der Waals surface area contributed by atoms with Crippen LogP contribution in [-0.2, 0) is 12.6 Å². The van der Waals surface area contributed by atoms with Crippen LogP contribution >= 0.6 is 0 Å². The van der Waals surface area contributed by atoms with Crippen molar-refractivity contribution in [2.75, 3.05) is 16.8 Å². The highest BCUT2D eigenvalue weighted by Gasteiger charge is 2.30. The Bertz CT molecular complexity index is 1130. The third-order valence-electron chi connectivity index (χ3n) is 5.17. The van der Waals surface area contributed by atoms with E-state index in [2.05, 4.69) is 5.32 Å². The van der Waals surface area contributed by atoms with Gasteiger partial charge in [0.15, 0.2) is 0 Å². The molecule has 2 amide bonds. The lowest BCUT2D eigenvalue weighted by molar-refractivity contribution is -0.137. The van der Waals surface area contributed by atoms with E-state index >= 15 is 0 Å². The molecule has 0 unspecified atom stereocenters. The molecule has 0 aromatic heterocycles. The summed E-state index contributed by atoms with van der Waals surface area (Å²) in [6.45, 7) is 0.580. The van der Waals surface area contributed by atoms with Gasteiger partial charge in [0.05, 0.1) is 5.56 Å². The van der Waals surface area contributed by atoms with Gasteiger partial charge in [-0.05, 0) is 66.9 Å². The number of anilines is 2. The van der Waals surface area contributed by atoms with E-state index in [-0.39, 0.29) is 11.6 Å². The van der Waals surface area contributed by atoms with Gasteiger partial charge in [0.1, 0.15) is 0 Å². The molecule has 1 aliphatic rings. The van der Waals surface area contributed by atoms with Crippen molar-refractivity contribution in [1.82, 2.24) is 0 Å². The molecule has 1 N–H and O–H groups in total. The lowest BCUT2D eigenvalue weighted by Crippen LogP contribution is -2.35. The number of fused-ring (bicyclic) bond motifs is 1. The smallest absolute Gasteiger partial charge is 0.322 e. The van der Waals surface area contributed by atoms with Gasteiger partial charge in [-0.15, -0.1) is 0 Å². The Hall–Kier alpha value is -3.61. The van der Waals surface area contributed by atoms with E-state index in [1.54, 1.807) is 47.4 Å². The zero-order chi connectivity index (χ0) is 22.0. The summed E-state index contributed by atoms with van der Waals surface area (Å²) in [7, 11) is 0. The van der Waals surface area contributed by atoms with Crippen molar-refractivity contribution in [1.29, 1.82) is 0 Å². The molecule has 7 heteroatoms. The van der Waals surface area contributed by atoms with Crippen molar-refractivity contribution in [2.24, 2.45) is 0 Å². The van der Waals surface area contributed by atoms with Crippen LogP contribution in [0.3, 0.4) is 0 Å². The summed E-state index contributed by atoms with van der Waals surface area (Å²) in [5.41, 5.74) is 1.75. The molecule has 4 rings (SSSR count). The van der Waals surface area contributed by atoms with Crippen molar-refractivity contribution >= 4 is 23.2 Å². The molecule has 31 heavy (non-hydrogen) atoms. The van der Waals surface area contributed by atoms with Crippen LogP contribution in [0.25, 0.3) is 0 Å². The first-order valence-electron chi connectivity index (χ1n) is 9.81. The minimum atomic E-state index is -4.48. The fourth-order valence-electron chi connectivity index (χ4n) is 3.66. The minimum Gasteiger partial charge on any atom is -0.322 e. The van der Waals surface area contributed by atoms with Crippen LogP contribution in [0.15, 0.2) is 72.8 Å². The van der Waals surface area contributed by atoms with Crippen LogP contribution in [0.5, 0.6) is 0 Å². The Labute approximate surface area is 177 Å². The van der Waals surface area contributed by atoms with Crippen molar-refractivity contribution in [3.63, 3.8) is 0 Å². The Morgan fingerprint density at radius 3 is 2.39 bits per heavy atom. The van der Waals surface area contributed by atoms with Crippen LogP contribution in [0.1, 0.15) is 38.3 Å². The van der Waals surface area contributed by atoms with Gasteiger partial charge in [0.25, 0.3) is 11.8 Å². The number of carbonyl (C=O) groups is 2. The van der Waals surface area contributed by atoms with E-state index in [9.17, 15) is 22.8 Å². The molecule has 1 heterocycles. The van der Waals surface area contributed by atoms with Gasteiger partial charge in [0, 0.05) is 29.0 Å². The highest BCUT2D eigenvalue weighted by atomic mass is 19.4. The summed E-state index contributed by atoms with van der Waals surface area (Å²) in [6.07, 6.45) is -3.02. The second-order valence-corrected chi connectivity index (χ2v) is 7.30. The van der Waals surface area contributed by atoms with Crippen LogP contribution in [-0.4, -0.2) is 18.4 Å². The minimum absolute atomic E-state index is 0.0680. The average molecular weight is 424 g/mol. The molecule has 3 aromatic rings. The number of alkyl halides is 3. The molecule has 158 valence electrons. The number of amides is 2. The van der Waals surface area contributed by atoms with Gasteiger partial charge in [0.2, 0.25) is 0 Å². The molecule has 3 aromatic carbocycles. The van der Waals surface area contributed by atoms with Crippen molar-refractivity contribution in [2.45, 2.75) is 19.0 Å². The Morgan fingerprint density at radius 2 is 1.65 bits per heavy atom. The third-order valence-corrected chi connectivity index (χ3v) is 5.17. The zero-order valence-electron chi connectivity index (χ0n) is 16.4. The summed E-state index contributed by atoms with van der Waals surface area (Å²) in [4.78, 5) is 27.2. The van der Waals surface area contributed by atoms with Gasteiger partial charge < -0.3 is 10.2 Å². The molecular formula is C24H19F3N2O2. The van der Waals surface area contributed by atoms with Gasteiger partial charge in [-0.2, -0.15) is 13.2 Å². The molecule has 0 atom stereocenters. The summed E-state index contributed by atoms with van der Waals surface area (Å²) >= 11 is 0. The van der Waals surface area contributed by atoms with Gasteiger partial charge in [-0.3, -0.25) is 9.59 Å². The Morgan fingerprint density at radius 1 is 0.871 bits per heavy atom. The SMILES string of the molecule is O=C(Nc1cccc(C(F)(F)F)c1)c1ccc2c(c1)CCCN2C(=O)c1ccccc1. The maximum atomic E-state index is 12.9. The van der Waals surface area contributed by atoms with E-state index in [1.165, 1.54) is 12.1 Å². The molecule has 0 bridgehead atoms. The summed E-state index contributed by atoms with van der Waals surface area (Å²) < 4.78 is 38.7. The number of hydrogen-bond acceptors (Lipinski definition) is 2. The molecule has 1 aliphatic heterocycles. The topological polar surface area (TPSA) is 49.4 Å². The molecule has 0 radical (unpaired) electrons. The predicted molar refractivity (Wildman–Crippen MR) is 112 cm³/mol. The highest BCUT2D eigenvalue weighted by Crippen LogP contribution is 2.32. The van der Waals surface area contributed by atoms with Crippen molar-refractivity contribution in [3.05, 3.63) is 95.1 Å². The fourth-order valence-corrected chi connectivity index (χ4v) is 3.66. The van der Waals surface area contributed by atoms with E-state index in [0.717, 1.165) is 29.8 Å². The van der Waals surface area contributed by atoms with E-state index in [0.29, 0.717) is 24.1 Å². The summed E-state index contributed by atoms with van der Waals surface area (Å²) in [6, 6.07) is 18.5. The summed E-state index contributed by atoms with van der Waals surface area (Å²) in [5, 5.41) is 2.52. The number of halogens is 3. The molecule has 0 saturated heterocycles. The highest BCUT2D eigenvalue weighted by molar-refractivity contribution is 6.08. The Balaban J connectivity index is 1.56. The molecule has 0 fully saturated rings. The second kappa shape index (κ2) is 8.26. The number of nitrogens with one attached hydrogen (secondary N) is 1. The van der Waals surface area contributed by atoms with Crippen molar-refractivity contribution in [3.8, 4) is 0 Å². The number of benzene rings is 3. The predicted octanol–water partition coefficient (Wildman–Crippen LogP) is 5.55. The number of rotatable bonds is 3. The van der Waals surface area contributed by atoms with Gasteiger partial charge in [-0.1, -0.05) is 24.3 Å². The molecular weight excluding hydrogens is 405 g/mol. The first-order chi connectivity index (χ1) is 14.8. The standard InChI is InChI=1S/C24H19F3N2O2/c25-24(26,27)19-9-4-10-20(15-19)28-22(30)18-11-12-21-17(14-18)8-5-13-29(21)23(31)16-6-2-1-3-7-16/h1-4,6-7,9-12,14-15H,5,8,13H2,(H,28,30). The number of hydrogen-bond donors (Lipinski definition) is 1. The molecule has 0 spiro atoms. The van der Waals surface area contributed by atoms with E-state index in [4.69, 9.17) is 0 Å². The third kappa shape index (κ3) is 4.45. The van der Waals surface area contributed by atoms with Gasteiger partial charge in [-0.25, -0.2) is 0 Å². The monoisotopic (exact) mass is 424 g/mol.